The molecule has 112 valence electrons. The van der Waals surface area contributed by atoms with Gasteiger partial charge in [-0.1, -0.05) is 13.0 Å². The molecule has 0 aliphatic heterocycles. The van der Waals surface area contributed by atoms with E-state index in [0.29, 0.717) is 6.61 Å². The number of nitrogen functional groups attached to an aromatic ring is 1. The second-order valence-corrected chi connectivity index (χ2v) is 4.99. The van der Waals surface area contributed by atoms with Gasteiger partial charge in [0.25, 0.3) is 0 Å². The maximum absolute atomic E-state index is 6.01. The van der Waals surface area contributed by atoms with Crippen molar-refractivity contribution in [3.8, 4) is 5.75 Å². The Balaban J connectivity index is 1.77. The lowest BCUT2D eigenvalue weighted by Crippen LogP contribution is -2.04. The van der Waals surface area contributed by atoms with Crippen LogP contribution in [-0.2, 0) is 6.42 Å². The van der Waals surface area contributed by atoms with Crippen molar-refractivity contribution in [2.75, 3.05) is 24.2 Å². The molecule has 2 rings (SSSR count). The van der Waals surface area contributed by atoms with Crippen LogP contribution in [0.5, 0.6) is 5.75 Å². The summed E-state index contributed by atoms with van der Waals surface area (Å²) in [6.07, 6.45) is 6.63. The average Bonchev–Trinajstić information content (AvgIpc) is 2.52. The Bertz CT molecular complexity index is 543. The molecule has 0 fully saturated rings. The van der Waals surface area contributed by atoms with Crippen molar-refractivity contribution in [1.29, 1.82) is 0 Å². The highest BCUT2D eigenvalue weighted by Gasteiger charge is 2.02. The molecule has 2 aromatic rings. The topological polar surface area (TPSA) is 60.2 Å². The van der Waals surface area contributed by atoms with Crippen LogP contribution in [0, 0.1) is 0 Å². The zero-order valence-electron chi connectivity index (χ0n) is 12.5. The molecule has 1 aromatic carbocycles. The summed E-state index contributed by atoms with van der Waals surface area (Å²) in [7, 11) is 0. The summed E-state index contributed by atoms with van der Waals surface area (Å²) >= 11 is 0. The number of rotatable bonds is 8. The summed E-state index contributed by atoms with van der Waals surface area (Å²) in [6, 6.07) is 10.0. The fraction of sp³-hybridized carbons (Fsp3) is 0.353. The van der Waals surface area contributed by atoms with Crippen molar-refractivity contribution in [1.82, 2.24) is 4.98 Å². The zero-order valence-corrected chi connectivity index (χ0v) is 12.5. The van der Waals surface area contributed by atoms with Gasteiger partial charge >= 0.3 is 0 Å². The number of nitrogens with two attached hydrogens (primary N) is 1. The minimum absolute atomic E-state index is 0.707. The minimum Gasteiger partial charge on any atom is -0.491 e. The van der Waals surface area contributed by atoms with Gasteiger partial charge in [-0.15, -0.1) is 0 Å². The summed E-state index contributed by atoms with van der Waals surface area (Å²) in [5.41, 5.74) is 9.03. The Morgan fingerprint density at radius 2 is 2.19 bits per heavy atom. The molecule has 0 unspecified atom stereocenters. The van der Waals surface area contributed by atoms with Crippen LogP contribution in [0.1, 0.15) is 25.3 Å². The number of aryl methyl sites for hydroxylation is 1. The van der Waals surface area contributed by atoms with Crippen molar-refractivity contribution in [2.24, 2.45) is 0 Å². The first kappa shape index (κ1) is 15.2. The number of anilines is 2. The van der Waals surface area contributed by atoms with Crippen molar-refractivity contribution in [2.45, 2.75) is 26.2 Å². The van der Waals surface area contributed by atoms with Gasteiger partial charge in [0.2, 0.25) is 0 Å². The number of nitrogens with zero attached hydrogens (tertiary/aromatic N) is 1. The number of pyridine rings is 1. The van der Waals surface area contributed by atoms with Crippen molar-refractivity contribution < 1.29 is 4.74 Å². The van der Waals surface area contributed by atoms with E-state index < -0.39 is 0 Å². The van der Waals surface area contributed by atoms with E-state index in [2.05, 4.69) is 23.3 Å². The van der Waals surface area contributed by atoms with Gasteiger partial charge in [0, 0.05) is 18.9 Å². The van der Waals surface area contributed by atoms with Crippen LogP contribution in [-0.4, -0.2) is 18.1 Å². The molecular formula is C17H23N3O. The van der Waals surface area contributed by atoms with E-state index in [4.69, 9.17) is 10.5 Å². The molecule has 4 nitrogen and oxygen atoms in total. The average molecular weight is 285 g/mol. The van der Waals surface area contributed by atoms with Crippen LogP contribution in [0.4, 0.5) is 11.4 Å². The van der Waals surface area contributed by atoms with E-state index in [1.165, 1.54) is 5.56 Å². The number of hydrogen-bond acceptors (Lipinski definition) is 4. The third-order valence-electron chi connectivity index (χ3n) is 3.17. The molecule has 0 radical (unpaired) electrons. The number of ether oxygens (including phenoxy) is 1. The fourth-order valence-electron chi connectivity index (χ4n) is 2.09. The van der Waals surface area contributed by atoms with E-state index in [0.717, 1.165) is 42.9 Å². The molecule has 1 aromatic heterocycles. The Morgan fingerprint density at radius 3 is 2.90 bits per heavy atom. The molecule has 0 saturated heterocycles. The number of benzene rings is 1. The van der Waals surface area contributed by atoms with Gasteiger partial charge < -0.3 is 15.8 Å². The summed E-state index contributed by atoms with van der Waals surface area (Å²) in [5.74, 6) is 0.786. The van der Waals surface area contributed by atoms with Gasteiger partial charge in [-0.3, -0.25) is 4.98 Å². The van der Waals surface area contributed by atoms with Crippen LogP contribution in [0.15, 0.2) is 42.7 Å². The van der Waals surface area contributed by atoms with Gasteiger partial charge in [-0.2, -0.15) is 0 Å². The Morgan fingerprint density at radius 1 is 1.29 bits per heavy atom. The highest BCUT2D eigenvalue weighted by Crippen LogP contribution is 2.23. The predicted octanol–water partition coefficient (Wildman–Crippen LogP) is 3.50. The molecule has 0 aliphatic rings. The smallest absolute Gasteiger partial charge is 0.142 e. The predicted molar refractivity (Wildman–Crippen MR) is 87.7 cm³/mol. The zero-order chi connectivity index (χ0) is 14.9. The van der Waals surface area contributed by atoms with Crippen molar-refractivity contribution in [3.63, 3.8) is 0 Å². The molecule has 21 heavy (non-hydrogen) atoms. The molecule has 1 heterocycles. The lowest BCUT2D eigenvalue weighted by atomic mass is 10.1. The fourth-order valence-corrected chi connectivity index (χ4v) is 2.09. The van der Waals surface area contributed by atoms with E-state index in [-0.39, 0.29) is 0 Å². The van der Waals surface area contributed by atoms with E-state index in [1.807, 2.05) is 30.5 Å². The lowest BCUT2D eigenvalue weighted by Gasteiger charge is -2.10. The monoisotopic (exact) mass is 285 g/mol. The van der Waals surface area contributed by atoms with Crippen LogP contribution < -0.4 is 15.8 Å². The summed E-state index contributed by atoms with van der Waals surface area (Å²) in [5, 5.41) is 3.35. The number of nitrogens with one attached hydrogen (secondary N) is 1. The Labute approximate surface area is 126 Å². The Hall–Kier alpha value is -2.23. The normalized spacial score (nSPS) is 10.3. The van der Waals surface area contributed by atoms with Gasteiger partial charge in [0.05, 0.1) is 18.0 Å². The third kappa shape index (κ3) is 4.99. The molecule has 0 amide bonds. The van der Waals surface area contributed by atoms with Crippen molar-refractivity contribution >= 4 is 11.4 Å². The molecule has 0 saturated carbocycles. The molecule has 0 bridgehead atoms. The molecule has 0 spiro atoms. The first-order valence-corrected chi connectivity index (χ1v) is 7.44. The molecule has 3 N–H and O–H groups in total. The summed E-state index contributed by atoms with van der Waals surface area (Å²) in [4.78, 5) is 4.07. The van der Waals surface area contributed by atoms with E-state index in [9.17, 15) is 0 Å². The van der Waals surface area contributed by atoms with Crippen LogP contribution in [0.2, 0.25) is 0 Å². The first-order chi connectivity index (χ1) is 10.3. The standard InChI is InChI=1S/C17H23N3O/c1-2-11-21-17-8-7-14(12-16(17)18)5-3-10-20-15-6-4-9-19-13-15/h4,6-9,12-13,20H,2-3,5,10-11,18H2,1H3. The SMILES string of the molecule is CCCOc1ccc(CCCNc2cccnc2)cc1N. The number of hydrogen-bond donors (Lipinski definition) is 2. The van der Waals surface area contributed by atoms with E-state index >= 15 is 0 Å². The van der Waals surface area contributed by atoms with Crippen LogP contribution >= 0.6 is 0 Å². The van der Waals surface area contributed by atoms with Crippen molar-refractivity contribution in [3.05, 3.63) is 48.3 Å². The molecule has 4 heteroatoms. The second-order valence-electron chi connectivity index (χ2n) is 4.99. The third-order valence-corrected chi connectivity index (χ3v) is 3.17. The van der Waals surface area contributed by atoms with E-state index in [1.54, 1.807) is 6.20 Å². The van der Waals surface area contributed by atoms with Crippen LogP contribution in [0.25, 0.3) is 0 Å². The molecule has 0 atom stereocenters. The van der Waals surface area contributed by atoms with Gasteiger partial charge in [-0.25, -0.2) is 0 Å². The first-order valence-electron chi connectivity index (χ1n) is 7.44. The second kappa shape index (κ2) is 8.15. The summed E-state index contributed by atoms with van der Waals surface area (Å²) in [6.45, 7) is 3.71. The van der Waals surface area contributed by atoms with Gasteiger partial charge in [0.1, 0.15) is 5.75 Å². The lowest BCUT2D eigenvalue weighted by molar-refractivity contribution is 0.319. The quantitative estimate of drug-likeness (QED) is 0.575. The van der Waals surface area contributed by atoms with Gasteiger partial charge in [-0.05, 0) is 49.1 Å². The largest absolute Gasteiger partial charge is 0.491 e. The molecular weight excluding hydrogens is 262 g/mol. The Kier molecular flexibility index (Phi) is 5.88. The molecule has 0 aliphatic carbocycles. The highest BCUT2D eigenvalue weighted by molar-refractivity contribution is 5.54. The van der Waals surface area contributed by atoms with Gasteiger partial charge in [0.15, 0.2) is 0 Å². The minimum atomic E-state index is 0.707. The summed E-state index contributed by atoms with van der Waals surface area (Å²) < 4.78 is 5.58. The number of aromatic nitrogens is 1. The maximum Gasteiger partial charge on any atom is 0.142 e. The van der Waals surface area contributed by atoms with Crippen LogP contribution in [0.3, 0.4) is 0 Å². The maximum atomic E-state index is 6.01. The highest BCUT2D eigenvalue weighted by atomic mass is 16.5.